The summed E-state index contributed by atoms with van der Waals surface area (Å²) in [4.78, 5) is 11.8. The third-order valence-electron chi connectivity index (χ3n) is 2.82. The molecule has 0 radical (unpaired) electrons. The van der Waals surface area contributed by atoms with Gasteiger partial charge in [-0.3, -0.25) is 0 Å². The number of rotatable bonds is 3. The number of hydrogen-bond donors (Lipinski definition) is 3. The summed E-state index contributed by atoms with van der Waals surface area (Å²) in [6.45, 7) is 1.90. The lowest BCUT2D eigenvalue weighted by Crippen LogP contribution is -2.24. The van der Waals surface area contributed by atoms with Crippen LogP contribution in [0.3, 0.4) is 0 Å². The number of hydrazone groups is 1. The molecule has 2 aromatic carbocycles. The van der Waals surface area contributed by atoms with Gasteiger partial charge in [-0.2, -0.15) is 5.10 Å². The van der Waals surface area contributed by atoms with Crippen molar-refractivity contribution in [2.24, 2.45) is 5.10 Å². The maximum Gasteiger partial charge on any atom is 0.339 e. The first-order valence-electron chi connectivity index (χ1n) is 6.31. The van der Waals surface area contributed by atoms with Crippen LogP contribution >= 0.6 is 38.5 Å². The molecule has 2 rings (SSSR count). The number of aryl methyl sites for hydroxylation is 1. The van der Waals surface area contributed by atoms with E-state index < -0.39 is 6.03 Å². The number of nitrogens with zero attached hydrogens (tertiary/aromatic N) is 1. The lowest BCUT2D eigenvalue weighted by Gasteiger charge is -2.07. The molecule has 0 spiro atoms. The van der Waals surface area contributed by atoms with E-state index in [1.165, 1.54) is 6.21 Å². The van der Waals surface area contributed by atoms with Gasteiger partial charge in [-0.25, -0.2) is 10.2 Å². The van der Waals surface area contributed by atoms with E-state index >= 15 is 0 Å². The summed E-state index contributed by atoms with van der Waals surface area (Å²) in [6.07, 6.45) is 1.39. The molecular weight excluding hydrogens is 461 g/mol. The zero-order valence-electron chi connectivity index (χ0n) is 11.6. The maximum atomic E-state index is 11.8. The molecule has 0 aliphatic carbocycles. The Labute approximate surface area is 150 Å². The quantitative estimate of drug-likeness (QED) is 0.354. The van der Waals surface area contributed by atoms with E-state index in [0.29, 0.717) is 9.13 Å². The van der Waals surface area contributed by atoms with E-state index in [2.05, 4.69) is 31.8 Å². The molecule has 0 aliphatic rings. The SMILES string of the molecule is Cc1ccccc1NC(=O)NN=Cc1cc(Br)cc(I)c1O. The molecule has 0 aromatic heterocycles. The number of hydrogen-bond acceptors (Lipinski definition) is 3. The molecule has 0 bridgehead atoms. The van der Waals surface area contributed by atoms with Gasteiger partial charge in [0.25, 0.3) is 0 Å². The normalized spacial score (nSPS) is 10.7. The van der Waals surface area contributed by atoms with Crippen LogP contribution in [-0.4, -0.2) is 17.4 Å². The van der Waals surface area contributed by atoms with Gasteiger partial charge in [0, 0.05) is 15.7 Å². The van der Waals surface area contributed by atoms with Crippen LogP contribution in [0.5, 0.6) is 5.75 Å². The van der Waals surface area contributed by atoms with Gasteiger partial charge in [0.1, 0.15) is 5.75 Å². The predicted octanol–water partition coefficient (Wildman–Crippen LogP) is 4.22. The highest BCUT2D eigenvalue weighted by Gasteiger charge is 2.06. The number of urea groups is 1. The molecule has 0 saturated heterocycles. The van der Waals surface area contributed by atoms with Crippen LogP contribution in [0, 0.1) is 10.5 Å². The van der Waals surface area contributed by atoms with Crippen LogP contribution < -0.4 is 10.7 Å². The molecule has 22 heavy (non-hydrogen) atoms. The molecule has 0 aliphatic heterocycles. The number of phenolic OH excluding ortho intramolecular Hbond substituents is 1. The number of carbonyl (C=O) groups excluding carboxylic acids is 1. The first kappa shape index (κ1) is 16.8. The number of nitrogens with one attached hydrogen (secondary N) is 2. The van der Waals surface area contributed by atoms with Crippen molar-refractivity contribution in [2.75, 3.05) is 5.32 Å². The standard InChI is InChI=1S/C15H13BrIN3O2/c1-9-4-2-3-5-13(9)19-15(22)20-18-8-10-6-11(16)7-12(17)14(10)21/h2-8,21H,1H3,(H2,19,20,22). The minimum absolute atomic E-state index is 0.119. The van der Waals surface area contributed by atoms with Crippen LogP contribution in [0.25, 0.3) is 0 Å². The molecule has 5 nitrogen and oxygen atoms in total. The molecule has 0 unspecified atom stereocenters. The van der Waals surface area contributed by atoms with Crippen LogP contribution in [0.2, 0.25) is 0 Å². The van der Waals surface area contributed by atoms with Gasteiger partial charge in [0.15, 0.2) is 0 Å². The fraction of sp³-hybridized carbons (Fsp3) is 0.0667. The highest BCUT2D eigenvalue weighted by molar-refractivity contribution is 14.1. The van der Waals surface area contributed by atoms with Crippen LogP contribution in [0.15, 0.2) is 46.0 Å². The molecule has 114 valence electrons. The molecular formula is C15H13BrIN3O2. The Bertz CT molecular complexity index is 735. The topological polar surface area (TPSA) is 73.7 Å². The lowest BCUT2D eigenvalue weighted by molar-refractivity contribution is 0.252. The van der Waals surface area contributed by atoms with E-state index in [0.717, 1.165) is 15.7 Å². The molecule has 2 aromatic rings. The van der Waals surface area contributed by atoms with E-state index in [-0.39, 0.29) is 5.75 Å². The Hall–Kier alpha value is -1.61. The Morgan fingerprint density at radius 3 is 2.82 bits per heavy atom. The maximum absolute atomic E-state index is 11.8. The van der Waals surface area contributed by atoms with Crippen molar-refractivity contribution in [3.63, 3.8) is 0 Å². The molecule has 0 heterocycles. The summed E-state index contributed by atoms with van der Waals surface area (Å²) in [5.41, 5.74) is 4.55. The fourth-order valence-corrected chi connectivity index (χ4v) is 3.26. The summed E-state index contributed by atoms with van der Waals surface area (Å²) >= 11 is 5.36. The highest BCUT2D eigenvalue weighted by atomic mass is 127. The molecule has 0 fully saturated rings. The number of halogens is 2. The second kappa shape index (κ2) is 7.59. The average Bonchev–Trinajstić information content (AvgIpc) is 2.46. The Kier molecular flexibility index (Phi) is 5.78. The summed E-state index contributed by atoms with van der Waals surface area (Å²) in [5.74, 6) is 0.119. The Balaban J connectivity index is 2.01. The van der Waals surface area contributed by atoms with Gasteiger partial charge in [-0.05, 0) is 53.3 Å². The number of anilines is 1. The lowest BCUT2D eigenvalue weighted by atomic mass is 10.2. The first-order valence-corrected chi connectivity index (χ1v) is 8.18. The van der Waals surface area contributed by atoms with Gasteiger partial charge in [0.05, 0.1) is 9.78 Å². The monoisotopic (exact) mass is 473 g/mol. The summed E-state index contributed by atoms with van der Waals surface area (Å²) < 4.78 is 1.51. The van der Waals surface area contributed by atoms with Crippen LogP contribution in [-0.2, 0) is 0 Å². The van der Waals surface area contributed by atoms with Gasteiger partial charge in [0.2, 0.25) is 0 Å². The van der Waals surface area contributed by atoms with Crippen molar-refractivity contribution < 1.29 is 9.90 Å². The van der Waals surface area contributed by atoms with E-state index in [9.17, 15) is 9.90 Å². The number of phenols is 1. The van der Waals surface area contributed by atoms with Crippen molar-refractivity contribution in [1.82, 2.24) is 5.43 Å². The molecule has 0 saturated carbocycles. The third kappa shape index (κ3) is 4.44. The van der Waals surface area contributed by atoms with Crippen LogP contribution in [0.1, 0.15) is 11.1 Å². The summed E-state index contributed by atoms with van der Waals surface area (Å²) in [5, 5.41) is 16.4. The largest absolute Gasteiger partial charge is 0.506 e. The Morgan fingerprint density at radius 2 is 2.09 bits per heavy atom. The predicted molar refractivity (Wildman–Crippen MR) is 99.5 cm³/mol. The van der Waals surface area contributed by atoms with Crippen molar-refractivity contribution in [3.05, 3.63) is 55.6 Å². The summed E-state index contributed by atoms with van der Waals surface area (Å²) in [6, 6.07) is 10.5. The smallest absolute Gasteiger partial charge is 0.339 e. The van der Waals surface area contributed by atoms with Crippen molar-refractivity contribution in [2.45, 2.75) is 6.92 Å². The number of amides is 2. The Morgan fingerprint density at radius 1 is 1.36 bits per heavy atom. The second-order valence-electron chi connectivity index (χ2n) is 4.46. The van der Waals surface area contributed by atoms with Gasteiger partial charge < -0.3 is 10.4 Å². The van der Waals surface area contributed by atoms with Crippen molar-refractivity contribution in [1.29, 1.82) is 0 Å². The van der Waals surface area contributed by atoms with E-state index in [1.54, 1.807) is 18.2 Å². The van der Waals surface area contributed by atoms with Gasteiger partial charge in [-0.1, -0.05) is 34.1 Å². The second-order valence-corrected chi connectivity index (χ2v) is 6.54. The fourth-order valence-electron chi connectivity index (χ4n) is 1.71. The molecule has 7 heteroatoms. The van der Waals surface area contributed by atoms with Gasteiger partial charge in [-0.15, -0.1) is 0 Å². The molecule has 3 N–H and O–H groups in total. The average molecular weight is 474 g/mol. The zero-order chi connectivity index (χ0) is 16.1. The minimum Gasteiger partial charge on any atom is -0.506 e. The minimum atomic E-state index is -0.449. The summed E-state index contributed by atoms with van der Waals surface area (Å²) in [7, 11) is 0. The first-order chi connectivity index (χ1) is 10.5. The number of aromatic hydroxyl groups is 1. The highest BCUT2D eigenvalue weighted by Crippen LogP contribution is 2.27. The van der Waals surface area contributed by atoms with Crippen molar-refractivity contribution >= 4 is 56.5 Å². The molecule has 0 atom stereocenters. The zero-order valence-corrected chi connectivity index (χ0v) is 15.3. The van der Waals surface area contributed by atoms with Gasteiger partial charge >= 0.3 is 6.03 Å². The van der Waals surface area contributed by atoms with Crippen LogP contribution in [0.4, 0.5) is 10.5 Å². The third-order valence-corrected chi connectivity index (χ3v) is 4.10. The number of benzene rings is 2. The number of carbonyl (C=O) groups is 1. The number of para-hydroxylation sites is 1. The molecule has 2 amide bonds. The van der Waals surface area contributed by atoms with E-state index in [4.69, 9.17) is 0 Å². The van der Waals surface area contributed by atoms with E-state index in [1.807, 2.05) is 47.7 Å². The van der Waals surface area contributed by atoms with Crippen molar-refractivity contribution in [3.8, 4) is 5.75 Å².